The minimum absolute atomic E-state index is 0.00458. The zero-order valence-electron chi connectivity index (χ0n) is 51.7. The first-order chi connectivity index (χ1) is 41.1. The third-order valence-electron chi connectivity index (χ3n) is 16.3. The number of aliphatic hydroxyl groups excluding tert-OH is 2. The number of hydrogen-bond donors (Lipinski definition) is 8. The topological polar surface area (TPSA) is 347 Å². The summed E-state index contributed by atoms with van der Waals surface area (Å²) in [7, 11) is 0. The Balaban J connectivity index is 1.11. The van der Waals surface area contributed by atoms with E-state index in [1.165, 1.54) is 28.9 Å². The minimum atomic E-state index is -1.67. The Morgan fingerprint density at radius 1 is 0.920 bits per heavy atom. The number of unbranched alkanes of at least 4 members (excludes halogenated alkanes) is 2. The Hall–Kier alpha value is -6.99. The summed E-state index contributed by atoms with van der Waals surface area (Å²) in [5, 5.41) is 52.0. The van der Waals surface area contributed by atoms with Gasteiger partial charge in [-0.25, -0.2) is 14.4 Å². The van der Waals surface area contributed by atoms with Crippen molar-refractivity contribution in [1.82, 2.24) is 30.7 Å². The van der Waals surface area contributed by atoms with E-state index in [0.717, 1.165) is 4.90 Å². The molecule has 1 aromatic carbocycles. The zero-order valence-corrected chi connectivity index (χ0v) is 51.7. The number of cyclic esters (lactones) is 1. The normalized spacial score (nSPS) is 25.3. The summed E-state index contributed by atoms with van der Waals surface area (Å²) in [5.74, 6) is -3.54. The number of nitrogens with one attached hydrogen (secondary N) is 3. The minimum Gasteiger partial charge on any atom is -0.457 e. The lowest BCUT2D eigenvalue weighted by Crippen LogP contribution is -2.54. The summed E-state index contributed by atoms with van der Waals surface area (Å²) in [6.07, 6.45) is 7.91. The molecule has 5 rings (SSSR count). The number of carbonyl (C=O) groups is 9. The summed E-state index contributed by atoms with van der Waals surface area (Å²) < 4.78 is 23.2. The molecule has 8 amide bonds. The molecule has 9 N–H and O–H groups in total. The standard InChI is InChI=1S/C63H93N7O17/c1-9-47(72)42(6)57-49(85-57)37-62(7,82)27-13-15-40(4)56-41(5)18-23-50(63(8,83)28-26-45(71)36-54(77)87-56)86-61(81)69-33-31-68(32-34-69)60(80)84-38-44-21-19-43(20-22-44)35-48(73)46(16-14-29-65-59(64)79)66-58(78)55(39(2)3)67-51(74)17-11-10-12-30-70-52(75)24-25-53(70)76/h13,15,18-25,27,39,41-42,45-47,49-50,55-57,71-72,82-83H,9-12,14,16-17,26,28-38H2,1-8H3,(H,66,78)(H,67,74)(H3,64,65,79)/b23-18+,27-13+,40-15+/t41-,42+,45+,46-,47-,49+,50-,55-,56+,57+,62-,63+/m0/s1. The van der Waals surface area contributed by atoms with Gasteiger partial charge in [0.05, 0.1) is 42.5 Å². The molecular weight excluding hydrogens is 1130 g/mol. The average molecular weight is 1220 g/mol. The molecule has 0 spiro atoms. The van der Waals surface area contributed by atoms with E-state index in [1.54, 1.807) is 89.3 Å². The number of carbonyl (C=O) groups excluding carboxylic acids is 9. The molecule has 1 aromatic rings. The van der Waals surface area contributed by atoms with Gasteiger partial charge in [0.25, 0.3) is 11.8 Å². The number of benzene rings is 1. The SMILES string of the molecule is CC[C@H](O)[C@@H](C)[C@H]1O[C@@H]1C[C@@](C)(O)/C=C/C=C(\C)[C@H]1OC(=O)C[C@H](O)CC[C@@](C)(O)[C@@H](OC(=O)N2CCN(C(=O)OCc3ccc(CC(=O)[C@H](CCCNC(N)=O)NC(=O)[C@@H](NC(=O)CCCCCN4C(=O)C=CC4=O)C(C)C)cc3)CC2)/C=C/[C@@H]1C. The highest BCUT2D eigenvalue weighted by molar-refractivity contribution is 6.12. The molecule has 0 radical (unpaired) electrons. The van der Waals surface area contributed by atoms with Gasteiger partial charge >= 0.3 is 24.2 Å². The van der Waals surface area contributed by atoms with Crippen molar-refractivity contribution >= 4 is 53.6 Å². The lowest BCUT2D eigenvalue weighted by Gasteiger charge is -2.37. The molecule has 0 bridgehead atoms. The predicted octanol–water partition coefficient (Wildman–Crippen LogP) is 4.34. The van der Waals surface area contributed by atoms with Crippen LogP contribution in [0.4, 0.5) is 14.4 Å². The Kier molecular flexibility index (Phi) is 27.2. The van der Waals surface area contributed by atoms with Crippen LogP contribution in [0.15, 0.2) is 72.4 Å². The number of Topliss-reactive ketones (excluding diaryl/α,β-unsaturated/α-hetero) is 1. The van der Waals surface area contributed by atoms with Crippen molar-refractivity contribution in [2.75, 3.05) is 39.3 Å². The zero-order chi connectivity index (χ0) is 64.2. The molecule has 0 aromatic heterocycles. The number of amides is 8. The number of piperazine rings is 1. The number of esters is 1. The van der Waals surface area contributed by atoms with Crippen LogP contribution in [0.3, 0.4) is 0 Å². The van der Waals surface area contributed by atoms with Gasteiger partial charge in [-0.3, -0.25) is 33.7 Å². The van der Waals surface area contributed by atoms with Crippen LogP contribution < -0.4 is 21.7 Å². The second-order valence-corrected chi connectivity index (χ2v) is 24.3. The first-order valence-electron chi connectivity index (χ1n) is 30.4. The molecule has 24 heteroatoms. The van der Waals surface area contributed by atoms with Crippen LogP contribution in [-0.2, 0) is 60.7 Å². The Labute approximate surface area is 510 Å². The molecular formula is C63H93N7O17. The quantitative estimate of drug-likeness (QED) is 0.0110. The first kappa shape index (κ1) is 70.8. The van der Waals surface area contributed by atoms with Crippen molar-refractivity contribution in [3.63, 3.8) is 0 Å². The number of aliphatic hydroxyl groups is 4. The first-order valence-corrected chi connectivity index (χ1v) is 30.4. The summed E-state index contributed by atoms with van der Waals surface area (Å²) in [6.45, 7) is 14.8. The van der Waals surface area contributed by atoms with Crippen LogP contribution in [0, 0.1) is 17.8 Å². The van der Waals surface area contributed by atoms with E-state index in [-0.39, 0.29) is 132 Å². The second kappa shape index (κ2) is 33.4. The maximum absolute atomic E-state index is 13.8. The summed E-state index contributed by atoms with van der Waals surface area (Å²) >= 11 is 0. The molecule has 24 nitrogen and oxygen atoms in total. The molecule has 2 saturated heterocycles. The summed E-state index contributed by atoms with van der Waals surface area (Å²) in [6, 6.07) is 4.13. The highest BCUT2D eigenvalue weighted by Crippen LogP contribution is 2.38. The van der Waals surface area contributed by atoms with Crippen molar-refractivity contribution in [1.29, 1.82) is 0 Å². The van der Waals surface area contributed by atoms with E-state index in [9.17, 15) is 63.6 Å². The van der Waals surface area contributed by atoms with Crippen LogP contribution in [0.25, 0.3) is 0 Å². The van der Waals surface area contributed by atoms with Crippen LogP contribution in [0.2, 0.25) is 0 Å². The van der Waals surface area contributed by atoms with Gasteiger partial charge in [-0.2, -0.15) is 0 Å². The average Bonchev–Trinajstić information content (AvgIpc) is 1.86. The largest absolute Gasteiger partial charge is 0.457 e. The molecule has 482 valence electrons. The number of nitrogens with zero attached hydrogens (tertiary/aromatic N) is 3. The van der Waals surface area contributed by atoms with Gasteiger partial charge in [-0.1, -0.05) is 89.6 Å². The van der Waals surface area contributed by atoms with Gasteiger partial charge in [0.1, 0.15) is 24.4 Å². The van der Waals surface area contributed by atoms with E-state index in [2.05, 4.69) is 16.0 Å². The van der Waals surface area contributed by atoms with E-state index in [1.807, 2.05) is 13.8 Å². The van der Waals surface area contributed by atoms with Crippen molar-refractivity contribution < 1.29 is 82.5 Å². The van der Waals surface area contributed by atoms with Crippen LogP contribution in [0.1, 0.15) is 137 Å². The molecule has 4 heterocycles. The van der Waals surface area contributed by atoms with E-state index >= 15 is 0 Å². The van der Waals surface area contributed by atoms with Gasteiger partial charge in [-0.05, 0) is 94.4 Å². The van der Waals surface area contributed by atoms with Gasteiger partial charge in [0.2, 0.25) is 11.8 Å². The third-order valence-corrected chi connectivity index (χ3v) is 16.3. The Bertz CT molecular complexity index is 2650. The summed E-state index contributed by atoms with van der Waals surface area (Å²) in [4.78, 5) is 119. The number of imide groups is 1. The molecule has 4 aliphatic rings. The fourth-order valence-corrected chi connectivity index (χ4v) is 10.6. The van der Waals surface area contributed by atoms with Crippen LogP contribution in [0.5, 0.6) is 0 Å². The molecule has 87 heavy (non-hydrogen) atoms. The maximum atomic E-state index is 13.8. The molecule has 12 atom stereocenters. The number of urea groups is 1. The molecule has 2 fully saturated rings. The van der Waals surface area contributed by atoms with Crippen molar-refractivity contribution in [3.05, 3.63) is 83.5 Å². The van der Waals surface area contributed by atoms with Gasteiger partial charge in [0.15, 0.2) is 11.9 Å². The fourth-order valence-electron chi connectivity index (χ4n) is 10.6. The van der Waals surface area contributed by atoms with Crippen LogP contribution >= 0.6 is 0 Å². The number of ketones is 1. The third kappa shape index (κ3) is 22.9. The number of ether oxygens (including phenoxy) is 4. The van der Waals surface area contributed by atoms with Crippen molar-refractivity contribution in [2.24, 2.45) is 23.5 Å². The van der Waals surface area contributed by atoms with Crippen molar-refractivity contribution in [2.45, 2.75) is 199 Å². The molecule has 0 unspecified atom stereocenters. The van der Waals surface area contributed by atoms with Crippen molar-refractivity contribution in [3.8, 4) is 0 Å². The smallest absolute Gasteiger partial charge is 0.410 e. The Morgan fingerprint density at radius 3 is 2.20 bits per heavy atom. The van der Waals surface area contributed by atoms with E-state index in [4.69, 9.17) is 24.7 Å². The Morgan fingerprint density at radius 2 is 1.56 bits per heavy atom. The lowest BCUT2D eigenvalue weighted by molar-refractivity contribution is -0.151. The second-order valence-electron chi connectivity index (χ2n) is 24.3. The highest BCUT2D eigenvalue weighted by atomic mass is 16.6. The fraction of sp³-hybridized carbons (Fsp3) is 0.635. The maximum Gasteiger partial charge on any atom is 0.410 e. The molecule has 0 saturated carbocycles. The highest BCUT2D eigenvalue weighted by Gasteiger charge is 2.47. The number of primary amides is 1. The van der Waals surface area contributed by atoms with E-state index in [0.29, 0.717) is 55.2 Å². The number of epoxide rings is 1. The lowest BCUT2D eigenvalue weighted by atomic mass is 9.88. The molecule has 4 aliphatic heterocycles. The number of rotatable bonds is 28. The van der Waals surface area contributed by atoms with Gasteiger partial charge in [-0.15, -0.1) is 0 Å². The van der Waals surface area contributed by atoms with Gasteiger partial charge in [0, 0.05) is 82.5 Å². The predicted molar refractivity (Wildman–Crippen MR) is 320 cm³/mol. The number of hydrogen-bond acceptors (Lipinski definition) is 17. The number of nitrogens with two attached hydrogens (primary N) is 1. The van der Waals surface area contributed by atoms with Gasteiger partial charge < -0.3 is 70.9 Å². The number of allylic oxidation sites excluding steroid dienone is 2. The van der Waals surface area contributed by atoms with Crippen LogP contribution in [-0.4, -0.2) is 188 Å². The van der Waals surface area contributed by atoms with E-state index < -0.39 is 83.7 Å². The summed E-state index contributed by atoms with van der Waals surface area (Å²) in [5.41, 5.74) is 4.18. The monoisotopic (exact) mass is 1220 g/mol. The molecule has 0 aliphatic carbocycles.